The highest BCUT2D eigenvalue weighted by Gasteiger charge is 2.26. The van der Waals surface area contributed by atoms with Crippen LogP contribution in [0.2, 0.25) is 0 Å². The van der Waals surface area contributed by atoms with Crippen molar-refractivity contribution >= 4 is 5.78 Å². The first kappa shape index (κ1) is 13.6. The van der Waals surface area contributed by atoms with E-state index in [1.54, 1.807) is 6.07 Å². The zero-order valence-electron chi connectivity index (χ0n) is 8.85. The van der Waals surface area contributed by atoms with E-state index in [4.69, 9.17) is 0 Å². The van der Waals surface area contributed by atoms with Crippen molar-refractivity contribution in [1.29, 1.82) is 0 Å². The summed E-state index contributed by atoms with van der Waals surface area (Å²) < 4.78 is 48.4. The molecule has 0 bridgehead atoms. The van der Waals surface area contributed by atoms with Gasteiger partial charge in [-0.2, -0.15) is 13.2 Å². The summed E-state index contributed by atoms with van der Waals surface area (Å²) in [6.45, 7) is -1.65. The summed E-state index contributed by atoms with van der Waals surface area (Å²) in [4.78, 5) is 11.3. The van der Waals surface area contributed by atoms with E-state index in [-0.39, 0.29) is 12.0 Å². The Morgan fingerprint density at radius 2 is 1.88 bits per heavy atom. The SMILES string of the molecule is O=C(CNCC(F)(F)F)Cc1ccccc1F. The third kappa shape index (κ3) is 5.44. The molecule has 2 nitrogen and oxygen atoms in total. The lowest BCUT2D eigenvalue weighted by molar-refractivity contribution is -0.127. The van der Waals surface area contributed by atoms with E-state index in [2.05, 4.69) is 0 Å². The Labute approximate surface area is 95.6 Å². The summed E-state index contributed by atoms with van der Waals surface area (Å²) in [5, 5.41) is 1.97. The number of carbonyl (C=O) groups excluding carboxylic acids is 1. The molecule has 6 heteroatoms. The molecule has 0 unspecified atom stereocenters. The normalized spacial score (nSPS) is 11.5. The van der Waals surface area contributed by atoms with Crippen LogP contribution in [0.25, 0.3) is 0 Å². The molecule has 0 atom stereocenters. The highest BCUT2D eigenvalue weighted by atomic mass is 19.4. The van der Waals surface area contributed by atoms with Crippen molar-refractivity contribution in [1.82, 2.24) is 5.32 Å². The van der Waals surface area contributed by atoms with Crippen molar-refractivity contribution < 1.29 is 22.4 Å². The maximum absolute atomic E-state index is 13.1. The average Bonchev–Trinajstić information content (AvgIpc) is 2.19. The predicted molar refractivity (Wildman–Crippen MR) is 54.0 cm³/mol. The predicted octanol–water partition coefficient (Wildman–Crippen LogP) is 2.09. The zero-order chi connectivity index (χ0) is 12.9. The van der Waals surface area contributed by atoms with Gasteiger partial charge in [0.05, 0.1) is 13.1 Å². The number of alkyl halides is 3. The summed E-state index contributed by atoms with van der Waals surface area (Å²) in [5.74, 6) is -1.02. The Bertz CT molecular complexity index is 389. The molecule has 1 aromatic rings. The molecule has 0 fully saturated rings. The van der Waals surface area contributed by atoms with E-state index in [1.165, 1.54) is 18.2 Å². The molecule has 0 heterocycles. The van der Waals surface area contributed by atoms with E-state index in [0.29, 0.717) is 0 Å². The van der Waals surface area contributed by atoms with Crippen LogP contribution in [0, 0.1) is 5.82 Å². The third-order valence-electron chi connectivity index (χ3n) is 1.99. The number of Topliss-reactive ketones (excluding diaryl/α,β-unsaturated/α-hetero) is 1. The Balaban J connectivity index is 2.38. The highest BCUT2D eigenvalue weighted by Crippen LogP contribution is 2.12. The van der Waals surface area contributed by atoms with Gasteiger partial charge in [-0.15, -0.1) is 0 Å². The molecule has 0 saturated carbocycles. The third-order valence-corrected chi connectivity index (χ3v) is 1.99. The Kier molecular flexibility index (Phi) is 4.62. The first-order chi connectivity index (χ1) is 7.88. The number of benzene rings is 1. The van der Waals surface area contributed by atoms with Gasteiger partial charge in [-0.05, 0) is 11.6 Å². The van der Waals surface area contributed by atoms with Crippen LogP contribution in [0.3, 0.4) is 0 Å². The molecule has 1 aromatic carbocycles. The fraction of sp³-hybridized carbons (Fsp3) is 0.364. The molecule has 1 rings (SSSR count). The quantitative estimate of drug-likeness (QED) is 0.809. The summed E-state index contributed by atoms with van der Waals surface area (Å²) in [6.07, 6.45) is -4.56. The van der Waals surface area contributed by atoms with E-state index in [9.17, 15) is 22.4 Å². The maximum Gasteiger partial charge on any atom is 0.401 e. The van der Waals surface area contributed by atoms with Gasteiger partial charge in [0.25, 0.3) is 0 Å². The lowest BCUT2D eigenvalue weighted by Gasteiger charge is -2.07. The maximum atomic E-state index is 13.1. The number of rotatable bonds is 5. The van der Waals surface area contributed by atoms with E-state index >= 15 is 0 Å². The fourth-order valence-corrected chi connectivity index (χ4v) is 1.26. The second-order valence-electron chi connectivity index (χ2n) is 3.53. The van der Waals surface area contributed by atoms with Gasteiger partial charge < -0.3 is 5.32 Å². The molecular formula is C11H11F4NO. The average molecular weight is 249 g/mol. The van der Waals surface area contributed by atoms with E-state index in [0.717, 1.165) is 0 Å². The molecule has 0 saturated heterocycles. The minimum atomic E-state index is -4.35. The highest BCUT2D eigenvalue weighted by molar-refractivity contribution is 5.82. The molecule has 1 N–H and O–H groups in total. The lowest BCUT2D eigenvalue weighted by Crippen LogP contribution is -2.33. The van der Waals surface area contributed by atoms with E-state index in [1.807, 2.05) is 5.32 Å². The van der Waals surface area contributed by atoms with Gasteiger partial charge in [0, 0.05) is 6.42 Å². The molecule has 0 spiro atoms. The standard InChI is InChI=1S/C11H11F4NO/c12-10-4-2-1-3-8(10)5-9(17)6-16-7-11(13,14)15/h1-4,16H,5-7H2. The van der Waals surface area contributed by atoms with Gasteiger partial charge in [-0.1, -0.05) is 18.2 Å². The Morgan fingerprint density at radius 3 is 2.47 bits per heavy atom. The number of hydrogen-bond donors (Lipinski definition) is 1. The van der Waals surface area contributed by atoms with Crippen LogP contribution in [0.15, 0.2) is 24.3 Å². The Hall–Kier alpha value is -1.43. The van der Waals surface area contributed by atoms with Gasteiger partial charge in [-0.3, -0.25) is 4.79 Å². The van der Waals surface area contributed by atoms with Crippen LogP contribution >= 0.6 is 0 Å². The number of hydrogen-bond acceptors (Lipinski definition) is 2. The topological polar surface area (TPSA) is 29.1 Å². The molecule has 0 aromatic heterocycles. The minimum absolute atomic E-state index is 0.186. The number of ketones is 1. The monoisotopic (exact) mass is 249 g/mol. The van der Waals surface area contributed by atoms with Crippen molar-refractivity contribution in [2.24, 2.45) is 0 Å². The summed E-state index contributed by atoms with van der Waals surface area (Å²) in [7, 11) is 0. The van der Waals surface area contributed by atoms with Crippen LogP contribution < -0.4 is 5.32 Å². The molecular weight excluding hydrogens is 238 g/mol. The second kappa shape index (κ2) is 5.77. The van der Waals surface area contributed by atoms with Crippen LogP contribution in [0.4, 0.5) is 17.6 Å². The van der Waals surface area contributed by atoms with Crippen molar-refractivity contribution in [3.63, 3.8) is 0 Å². The van der Waals surface area contributed by atoms with Crippen LogP contribution in [-0.2, 0) is 11.2 Å². The number of nitrogens with one attached hydrogen (secondary N) is 1. The first-order valence-electron chi connectivity index (χ1n) is 4.91. The second-order valence-corrected chi connectivity index (χ2v) is 3.53. The van der Waals surface area contributed by atoms with Gasteiger partial charge in [0.1, 0.15) is 5.82 Å². The van der Waals surface area contributed by atoms with E-state index < -0.39 is 30.9 Å². The van der Waals surface area contributed by atoms with Gasteiger partial charge in [0.2, 0.25) is 0 Å². The minimum Gasteiger partial charge on any atom is -0.302 e. The Morgan fingerprint density at radius 1 is 1.24 bits per heavy atom. The smallest absolute Gasteiger partial charge is 0.302 e. The largest absolute Gasteiger partial charge is 0.401 e. The molecule has 0 aliphatic rings. The summed E-state index contributed by atoms with van der Waals surface area (Å²) >= 11 is 0. The van der Waals surface area contributed by atoms with Gasteiger partial charge in [-0.25, -0.2) is 4.39 Å². The van der Waals surface area contributed by atoms with Crippen molar-refractivity contribution in [3.05, 3.63) is 35.6 Å². The number of carbonyl (C=O) groups is 1. The molecule has 0 amide bonds. The summed E-state index contributed by atoms with van der Waals surface area (Å²) in [6, 6.07) is 5.67. The molecule has 0 aliphatic heterocycles. The van der Waals surface area contributed by atoms with Crippen LogP contribution in [0.1, 0.15) is 5.56 Å². The van der Waals surface area contributed by atoms with Crippen molar-refractivity contribution in [3.8, 4) is 0 Å². The zero-order valence-corrected chi connectivity index (χ0v) is 8.85. The molecule has 0 aliphatic carbocycles. The fourth-order valence-electron chi connectivity index (χ4n) is 1.26. The first-order valence-corrected chi connectivity index (χ1v) is 4.91. The molecule has 94 valence electrons. The molecule has 17 heavy (non-hydrogen) atoms. The summed E-state index contributed by atoms with van der Waals surface area (Å²) in [5.41, 5.74) is 0.186. The van der Waals surface area contributed by atoms with Crippen molar-refractivity contribution in [2.45, 2.75) is 12.6 Å². The number of halogens is 4. The van der Waals surface area contributed by atoms with Crippen molar-refractivity contribution in [2.75, 3.05) is 13.1 Å². The van der Waals surface area contributed by atoms with Crippen LogP contribution in [-0.4, -0.2) is 25.0 Å². The van der Waals surface area contributed by atoms with Crippen LogP contribution in [0.5, 0.6) is 0 Å². The van der Waals surface area contributed by atoms with Gasteiger partial charge >= 0.3 is 6.18 Å². The molecule has 0 radical (unpaired) electrons. The van der Waals surface area contributed by atoms with Gasteiger partial charge in [0.15, 0.2) is 5.78 Å². The lowest BCUT2D eigenvalue weighted by atomic mass is 10.1.